The maximum Gasteiger partial charge on any atom is 0.410 e. The summed E-state index contributed by atoms with van der Waals surface area (Å²) >= 11 is 0. The highest BCUT2D eigenvalue weighted by Gasteiger charge is 2.26. The Labute approximate surface area is 242 Å². The van der Waals surface area contributed by atoms with Crippen LogP contribution in [-0.4, -0.2) is 79.4 Å². The Morgan fingerprint density at radius 1 is 1.00 bits per heavy atom. The van der Waals surface area contributed by atoms with Gasteiger partial charge in [0, 0.05) is 39.3 Å². The molecule has 0 saturated carbocycles. The van der Waals surface area contributed by atoms with E-state index in [0.29, 0.717) is 5.69 Å². The molecule has 1 aliphatic rings. The Hall–Kier alpha value is -3.14. The average molecular weight is 566 g/mol. The molecule has 0 radical (unpaired) electrons. The average Bonchev–Trinajstić information content (AvgIpc) is 3.36. The van der Waals surface area contributed by atoms with E-state index in [0.717, 1.165) is 24.9 Å². The molecule has 1 aliphatic heterocycles. The largest absolute Gasteiger partial charge is 0.445 e. The minimum Gasteiger partial charge on any atom is -0.445 e. The van der Waals surface area contributed by atoms with Crippen molar-refractivity contribution in [3.8, 4) is 0 Å². The lowest BCUT2D eigenvalue weighted by Gasteiger charge is -2.22. The fourth-order valence-corrected chi connectivity index (χ4v) is 3.50. The maximum atomic E-state index is 12.4. The highest BCUT2D eigenvalue weighted by Crippen LogP contribution is 2.18. The molecule has 3 atom stereocenters. The zero-order chi connectivity index (χ0) is 31.4. The Morgan fingerprint density at radius 2 is 1.52 bits per heavy atom. The molecule has 1 aromatic rings. The number of nitrogens with zero attached hydrogens (tertiary/aromatic N) is 2. The highest BCUT2D eigenvalue weighted by molar-refractivity contribution is 5.97. The van der Waals surface area contributed by atoms with Gasteiger partial charge in [0.15, 0.2) is 0 Å². The van der Waals surface area contributed by atoms with Gasteiger partial charge in [-0.2, -0.15) is 0 Å². The Morgan fingerprint density at radius 3 is 1.93 bits per heavy atom. The summed E-state index contributed by atoms with van der Waals surface area (Å²) in [6, 6.07) is 6.30. The molecule has 4 amide bonds. The molecule has 0 bridgehead atoms. The summed E-state index contributed by atoms with van der Waals surface area (Å²) in [6.07, 6.45) is 1.73. The standard InChI is InChI=1S/C22H34N4O4.C4H9NO.2C2H6/c1-14(2)19(23-5)21(28)24-16(4)20(27)25-18-10-8-17(9-11-18)13-30-22(29)26-12-6-7-15(26)3;1-4(6)5(2)3;2*1-2/h8-11,14-16,19,23H,6-7,12-13H2,1-5H3,(H,24,28)(H,25,27);1-3H3;2*1-2H3/t15-,16+,19?;;;/m1.../s1. The number of likely N-dealkylation sites (N-methyl/N-ethyl adjacent to an activating group) is 1. The number of rotatable bonds is 8. The second-order valence-electron chi connectivity index (χ2n) is 9.58. The minimum absolute atomic E-state index is 0.0926. The van der Waals surface area contributed by atoms with Crippen LogP contribution in [0.15, 0.2) is 24.3 Å². The minimum atomic E-state index is -0.671. The van der Waals surface area contributed by atoms with Crippen molar-refractivity contribution in [1.82, 2.24) is 20.4 Å². The topological polar surface area (TPSA) is 120 Å². The van der Waals surface area contributed by atoms with Crippen LogP contribution in [0.3, 0.4) is 0 Å². The van der Waals surface area contributed by atoms with Gasteiger partial charge in [0.1, 0.15) is 12.6 Å². The van der Waals surface area contributed by atoms with Gasteiger partial charge in [-0.15, -0.1) is 0 Å². The van der Waals surface area contributed by atoms with Crippen molar-refractivity contribution in [2.45, 2.75) is 99.9 Å². The Balaban J connectivity index is 0. The van der Waals surface area contributed by atoms with E-state index in [2.05, 4.69) is 16.0 Å². The van der Waals surface area contributed by atoms with Crippen molar-refractivity contribution in [2.75, 3.05) is 33.0 Å². The maximum absolute atomic E-state index is 12.4. The molecule has 1 unspecified atom stereocenters. The van der Waals surface area contributed by atoms with Crippen LogP contribution in [0.25, 0.3) is 0 Å². The van der Waals surface area contributed by atoms with E-state index in [9.17, 15) is 19.2 Å². The van der Waals surface area contributed by atoms with Gasteiger partial charge in [0.2, 0.25) is 17.7 Å². The summed E-state index contributed by atoms with van der Waals surface area (Å²) in [4.78, 5) is 50.1. The van der Waals surface area contributed by atoms with Crippen LogP contribution < -0.4 is 16.0 Å². The van der Waals surface area contributed by atoms with E-state index in [1.807, 2.05) is 48.5 Å². The van der Waals surface area contributed by atoms with E-state index >= 15 is 0 Å². The molecule has 1 heterocycles. The lowest BCUT2D eigenvalue weighted by atomic mass is 10.0. The van der Waals surface area contributed by atoms with Gasteiger partial charge >= 0.3 is 6.09 Å². The second kappa shape index (κ2) is 21.7. The molecule has 10 heteroatoms. The molecule has 0 aromatic heterocycles. The van der Waals surface area contributed by atoms with Gasteiger partial charge in [-0.05, 0) is 57.4 Å². The first kappa shape index (κ1) is 39.0. The van der Waals surface area contributed by atoms with Gasteiger partial charge in [-0.3, -0.25) is 14.4 Å². The summed E-state index contributed by atoms with van der Waals surface area (Å²) in [6.45, 7) is 18.0. The van der Waals surface area contributed by atoms with Gasteiger partial charge in [0.25, 0.3) is 0 Å². The zero-order valence-electron chi connectivity index (χ0n) is 26.9. The number of ether oxygens (including phenoxy) is 1. The summed E-state index contributed by atoms with van der Waals surface area (Å²) < 4.78 is 5.38. The molecular weight excluding hydrogens is 510 g/mol. The SMILES string of the molecule is CC.CC.CC(=O)N(C)C.CNC(C(=O)N[C@@H](C)C(=O)Nc1ccc(COC(=O)N2CCC[C@H]2C)cc1)C(C)C. The van der Waals surface area contributed by atoms with E-state index in [-0.39, 0.29) is 48.4 Å². The van der Waals surface area contributed by atoms with Crippen LogP contribution in [0.2, 0.25) is 0 Å². The van der Waals surface area contributed by atoms with Crippen molar-refractivity contribution in [2.24, 2.45) is 5.92 Å². The number of carbonyl (C=O) groups is 4. The molecule has 230 valence electrons. The van der Waals surface area contributed by atoms with Crippen molar-refractivity contribution < 1.29 is 23.9 Å². The van der Waals surface area contributed by atoms with Gasteiger partial charge in [0.05, 0.1) is 6.04 Å². The Bertz CT molecular complexity index is 874. The molecular formula is C30H55N5O5. The fourth-order valence-electron chi connectivity index (χ4n) is 3.50. The van der Waals surface area contributed by atoms with Crippen molar-refractivity contribution >= 4 is 29.5 Å². The predicted molar refractivity (Wildman–Crippen MR) is 163 cm³/mol. The lowest BCUT2D eigenvalue weighted by Crippen LogP contribution is -2.51. The zero-order valence-corrected chi connectivity index (χ0v) is 26.9. The summed E-state index contributed by atoms with van der Waals surface area (Å²) in [5.41, 5.74) is 1.45. The monoisotopic (exact) mass is 565 g/mol. The third-order valence-electron chi connectivity index (χ3n) is 6.01. The third kappa shape index (κ3) is 14.9. The van der Waals surface area contributed by atoms with Crippen molar-refractivity contribution in [3.05, 3.63) is 29.8 Å². The van der Waals surface area contributed by atoms with E-state index in [1.54, 1.807) is 57.2 Å². The summed E-state index contributed by atoms with van der Waals surface area (Å²) in [7, 11) is 5.17. The fraction of sp³-hybridized carbons (Fsp3) is 0.667. The van der Waals surface area contributed by atoms with Crippen molar-refractivity contribution in [1.29, 1.82) is 0 Å². The number of benzene rings is 1. The van der Waals surface area contributed by atoms with E-state index in [4.69, 9.17) is 4.74 Å². The molecule has 40 heavy (non-hydrogen) atoms. The van der Waals surface area contributed by atoms with E-state index < -0.39 is 6.04 Å². The van der Waals surface area contributed by atoms with Crippen molar-refractivity contribution in [3.63, 3.8) is 0 Å². The van der Waals surface area contributed by atoms with Crippen LogP contribution in [0.1, 0.15) is 80.7 Å². The second-order valence-corrected chi connectivity index (χ2v) is 9.58. The number of anilines is 1. The number of nitrogens with one attached hydrogen (secondary N) is 3. The molecule has 3 N–H and O–H groups in total. The predicted octanol–water partition coefficient (Wildman–Crippen LogP) is 4.64. The van der Waals surface area contributed by atoms with Crippen LogP contribution >= 0.6 is 0 Å². The molecule has 1 fully saturated rings. The first-order valence-electron chi connectivity index (χ1n) is 14.4. The van der Waals surface area contributed by atoms with Crippen LogP contribution in [0.4, 0.5) is 10.5 Å². The van der Waals surface area contributed by atoms with Gasteiger partial charge in [-0.1, -0.05) is 53.7 Å². The number of hydrogen-bond acceptors (Lipinski definition) is 6. The first-order valence-corrected chi connectivity index (χ1v) is 14.4. The normalized spacial score (nSPS) is 15.0. The molecule has 0 aliphatic carbocycles. The van der Waals surface area contributed by atoms with E-state index in [1.165, 1.54) is 11.8 Å². The van der Waals surface area contributed by atoms with Crippen LogP contribution in [0.5, 0.6) is 0 Å². The molecule has 2 rings (SSSR count). The summed E-state index contributed by atoms with van der Waals surface area (Å²) in [5.74, 6) is -0.306. The number of amides is 4. The highest BCUT2D eigenvalue weighted by atomic mass is 16.6. The summed E-state index contributed by atoms with van der Waals surface area (Å²) in [5, 5.41) is 8.48. The number of hydrogen-bond donors (Lipinski definition) is 3. The first-order chi connectivity index (χ1) is 18.9. The molecule has 1 aromatic carbocycles. The van der Waals surface area contributed by atoms with Crippen LogP contribution in [0, 0.1) is 5.92 Å². The third-order valence-corrected chi connectivity index (χ3v) is 6.01. The molecule has 1 saturated heterocycles. The number of likely N-dealkylation sites (tertiary alicyclic amines) is 1. The van der Waals surface area contributed by atoms with Gasteiger partial charge in [-0.25, -0.2) is 4.79 Å². The quantitative estimate of drug-likeness (QED) is 0.422. The smallest absolute Gasteiger partial charge is 0.410 e. The lowest BCUT2D eigenvalue weighted by molar-refractivity contribution is -0.128. The molecule has 0 spiro atoms. The Kier molecular flexibility index (Phi) is 21.1. The van der Waals surface area contributed by atoms with Crippen LogP contribution in [-0.2, 0) is 25.7 Å². The molecule has 10 nitrogen and oxygen atoms in total. The van der Waals surface area contributed by atoms with Gasteiger partial charge < -0.3 is 30.5 Å². The number of carbonyl (C=O) groups excluding carboxylic acids is 4.